The van der Waals surface area contributed by atoms with Crippen LogP contribution in [0.2, 0.25) is 0 Å². The van der Waals surface area contributed by atoms with Crippen LogP contribution in [0, 0.1) is 10.1 Å². The summed E-state index contributed by atoms with van der Waals surface area (Å²) in [4.78, 5) is 10.1. The highest BCUT2D eigenvalue weighted by Crippen LogP contribution is 2.22. The molecule has 2 rings (SSSR count). The van der Waals surface area contributed by atoms with Gasteiger partial charge in [-0.15, -0.1) is 0 Å². The topological polar surface area (TPSA) is 55.2 Å². The predicted octanol–water partition coefficient (Wildman–Crippen LogP) is 2.95. The van der Waals surface area contributed by atoms with Gasteiger partial charge in [0.1, 0.15) is 0 Å². The van der Waals surface area contributed by atoms with Crippen molar-refractivity contribution in [2.45, 2.75) is 13.1 Å². The summed E-state index contributed by atoms with van der Waals surface area (Å²) in [5.74, 6) is 0. The summed E-state index contributed by atoms with van der Waals surface area (Å²) in [6.07, 6.45) is 0. The first-order chi connectivity index (χ1) is 8.25. The van der Waals surface area contributed by atoms with E-state index in [9.17, 15) is 10.1 Å². The molecule has 1 heterocycles. The van der Waals surface area contributed by atoms with Gasteiger partial charge in [-0.25, -0.2) is 0 Å². The molecule has 1 aromatic carbocycles. The van der Waals surface area contributed by atoms with Crippen LogP contribution >= 0.6 is 11.3 Å². The van der Waals surface area contributed by atoms with Crippen molar-refractivity contribution in [2.75, 3.05) is 0 Å². The molecule has 1 N–H and O–H groups in total. The molecule has 0 aliphatic carbocycles. The van der Waals surface area contributed by atoms with Gasteiger partial charge in [0.05, 0.1) is 4.92 Å². The third-order valence-corrected chi connectivity index (χ3v) is 3.25. The third-order valence-electron chi connectivity index (χ3n) is 2.32. The summed E-state index contributed by atoms with van der Waals surface area (Å²) < 4.78 is 0. The fraction of sp³-hybridized carbons (Fsp3) is 0.167. The number of benzene rings is 1. The highest BCUT2D eigenvalue weighted by molar-refractivity contribution is 7.13. The van der Waals surface area contributed by atoms with Crippen molar-refractivity contribution >= 4 is 16.3 Å². The highest BCUT2D eigenvalue weighted by atomic mass is 32.1. The van der Waals surface area contributed by atoms with Gasteiger partial charge in [0.15, 0.2) is 0 Å². The van der Waals surface area contributed by atoms with Gasteiger partial charge in [-0.1, -0.05) is 41.7 Å². The number of nitro groups is 1. The normalized spacial score (nSPS) is 10.4. The van der Waals surface area contributed by atoms with E-state index in [1.165, 1.54) is 5.56 Å². The minimum atomic E-state index is -0.356. The number of nitrogens with zero attached hydrogens (tertiary/aromatic N) is 1. The van der Waals surface area contributed by atoms with Crippen molar-refractivity contribution in [1.82, 2.24) is 5.32 Å². The number of hydrogen-bond acceptors (Lipinski definition) is 4. The molecule has 17 heavy (non-hydrogen) atoms. The Labute approximate surface area is 103 Å². The van der Waals surface area contributed by atoms with E-state index in [1.807, 2.05) is 35.7 Å². The molecule has 0 aliphatic rings. The van der Waals surface area contributed by atoms with Crippen molar-refractivity contribution in [3.8, 4) is 0 Å². The van der Waals surface area contributed by atoms with Crippen LogP contribution in [0.15, 0.2) is 41.8 Å². The van der Waals surface area contributed by atoms with Crippen molar-refractivity contribution < 1.29 is 4.92 Å². The lowest BCUT2D eigenvalue weighted by molar-refractivity contribution is -0.380. The first-order valence-electron chi connectivity index (χ1n) is 5.22. The Morgan fingerprint density at radius 3 is 2.53 bits per heavy atom. The van der Waals surface area contributed by atoms with Crippen molar-refractivity contribution in [1.29, 1.82) is 0 Å². The molecular weight excluding hydrogens is 236 g/mol. The average molecular weight is 248 g/mol. The van der Waals surface area contributed by atoms with Gasteiger partial charge in [0.2, 0.25) is 0 Å². The summed E-state index contributed by atoms with van der Waals surface area (Å²) >= 11 is 1.16. The van der Waals surface area contributed by atoms with Gasteiger partial charge in [-0.2, -0.15) is 0 Å². The van der Waals surface area contributed by atoms with E-state index in [0.29, 0.717) is 6.54 Å². The molecule has 0 spiro atoms. The first kappa shape index (κ1) is 11.8. The van der Waals surface area contributed by atoms with Gasteiger partial charge in [-0.05, 0) is 11.1 Å². The van der Waals surface area contributed by atoms with Gasteiger partial charge >= 0.3 is 5.00 Å². The molecule has 0 atom stereocenters. The van der Waals surface area contributed by atoms with Crippen molar-refractivity contribution in [3.63, 3.8) is 0 Å². The minimum Gasteiger partial charge on any atom is -0.309 e. The molecule has 0 saturated heterocycles. The number of thiophene rings is 1. The molecule has 0 amide bonds. The zero-order chi connectivity index (χ0) is 12.1. The van der Waals surface area contributed by atoms with Gasteiger partial charge in [0.25, 0.3) is 0 Å². The molecule has 0 radical (unpaired) electrons. The molecule has 88 valence electrons. The monoisotopic (exact) mass is 248 g/mol. The van der Waals surface area contributed by atoms with E-state index in [-0.39, 0.29) is 9.92 Å². The second-order valence-electron chi connectivity index (χ2n) is 3.64. The van der Waals surface area contributed by atoms with E-state index in [0.717, 1.165) is 23.4 Å². The lowest BCUT2D eigenvalue weighted by Crippen LogP contribution is -2.11. The second kappa shape index (κ2) is 5.56. The summed E-state index contributed by atoms with van der Waals surface area (Å²) in [5, 5.41) is 15.8. The third kappa shape index (κ3) is 3.37. The molecule has 0 fully saturated rings. The molecule has 0 aliphatic heterocycles. The standard InChI is InChI=1S/C12H12N2O2S/c15-14(16)12-6-11(9-17-12)8-13-7-10-4-2-1-3-5-10/h1-6,9,13H,7-8H2. The Balaban J connectivity index is 1.84. The summed E-state index contributed by atoms with van der Waals surface area (Å²) in [6, 6.07) is 11.7. The largest absolute Gasteiger partial charge is 0.324 e. The summed E-state index contributed by atoms with van der Waals surface area (Å²) in [6.45, 7) is 1.42. The van der Waals surface area contributed by atoms with Crippen molar-refractivity contribution in [2.24, 2.45) is 0 Å². The molecule has 5 heteroatoms. The van der Waals surface area contributed by atoms with E-state index in [1.54, 1.807) is 6.07 Å². The number of nitrogens with one attached hydrogen (secondary N) is 1. The fourth-order valence-electron chi connectivity index (χ4n) is 1.50. The lowest BCUT2D eigenvalue weighted by atomic mass is 10.2. The molecule has 1 aromatic heterocycles. The molecule has 0 saturated carbocycles. The van der Waals surface area contributed by atoms with Gasteiger partial charge in [0, 0.05) is 24.5 Å². The second-order valence-corrected chi connectivity index (χ2v) is 4.53. The maximum atomic E-state index is 10.5. The van der Waals surface area contributed by atoms with Crippen LogP contribution in [0.25, 0.3) is 0 Å². The van der Waals surface area contributed by atoms with Crippen LogP contribution in [0.1, 0.15) is 11.1 Å². The van der Waals surface area contributed by atoms with Gasteiger partial charge in [-0.3, -0.25) is 10.1 Å². The first-order valence-corrected chi connectivity index (χ1v) is 6.10. The van der Waals surface area contributed by atoms with Crippen LogP contribution in [0.4, 0.5) is 5.00 Å². The predicted molar refractivity (Wildman–Crippen MR) is 68.0 cm³/mol. The molecule has 2 aromatic rings. The van der Waals surface area contributed by atoms with Crippen LogP contribution < -0.4 is 5.32 Å². The summed E-state index contributed by atoms with van der Waals surface area (Å²) in [5.41, 5.74) is 2.16. The Kier molecular flexibility index (Phi) is 3.85. The Hall–Kier alpha value is -1.72. The molecular formula is C12H12N2O2S. The Bertz CT molecular complexity index is 496. The van der Waals surface area contributed by atoms with E-state index in [2.05, 4.69) is 5.32 Å². The number of rotatable bonds is 5. The summed E-state index contributed by atoms with van der Waals surface area (Å²) in [7, 11) is 0. The molecule has 0 unspecified atom stereocenters. The Morgan fingerprint density at radius 2 is 1.88 bits per heavy atom. The minimum absolute atomic E-state index is 0.196. The maximum Gasteiger partial charge on any atom is 0.324 e. The zero-order valence-electron chi connectivity index (χ0n) is 9.13. The van der Waals surface area contributed by atoms with Crippen LogP contribution in [0.5, 0.6) is 0 Å². The van der Waals surface area contributed by atoms with E-state index >= 15 is 0 Å². The SMILES string of the molecule is O=[N+]([O-])c1cc(CNCc2ccccc2)cs1. The van der Waals surface area contributed by atoms with Gasteiger partial charge < -0.3 is 5.32 Å². The smallest absolute Gasteiger partial charge is 0.309 e. The average Bonchev–Trinajstić information content (AvgIpc) is 2.79. The highest BCUT2D eigenvalue weighted by Gasteiger charge is 2.08. The van der Waals surface area contributed by atoms with E-state index in [4.69, 9.17) is 0 Å². The van der Waals surface area contributed by atoms with Crippen molar-refractivity contribution in [3.05, 3.63) is 63.0 Å². The zero-order valence-corrected chi connectivity index (χ0v) is 9.94. The van der Waals surface area contributed by atoms with Crippen LogP contribution in [-0.2, 0) is 13.1 Å². The number of hydrogen-bond donors (Lipinski definition) is 1. The van der Waals surface area contributed by atoms with Crippen LogP contribution in [0.3, 0.4) is 0 Å². The quantitative estimate of drug-likeness (QED) is 0.653. The maximum absolute atomic E-state index is 10.5. The van der Waals surface area contributed by atoms with E-state index < -0.39 is 0 Å². The van der Waals surface area contributed by atoms with Crippen LogP contribution in [-0.4, -0.2) is 4.92 Å². The Morgan fingerprint density at radius 1 is 1.18 bits per heavy atom. The fourth-order valence-corrected chi connectivity index (χ4v) is 2.23. The molecule has 0 bridgehead atoms. The molecule has 4 nitrogen and oxygen atoms in total. The lowest BCUT2D eigenvalue weighted by Gasteiger charge is -2.02.